The fraction of sp³-hybridized carbons (Fsp3) is 0.867. The van der Waals surface area contributed by atoms with Crippen LogP contribution in [0.4, 0.5) is 4.79 Å². The first kappa shape index (κ1) is 17.9. The van der Waals surface area contributed by atoms with Gasteiger partial charge in [-0.25, -0.2) is 4.79 Å². The second-order valence-corrected chi connectivity index (χ2v) is 7.81. The van der Waals surface area contributed by atoms with Crippen molar-refractivity contribution in [1.82, 2.24) is 4.90 Å². The monoisotopic (exact) mass is 271 g/mol. The van der Waals surface area contributed by atoms with Crippen molar-refractivity contribution in [3.8, 4) is 0 Å². The third kappa shape index (κ3) is 7.19. The molecular weight excluding hydrogens is 242 g/mol. The molecule has 0 aromatic carbocycles. The molecular formula is C15H29NO3. The number of hydrogen-bond donors (Lipinski definition) is 0. The van der Waals surface area contributed by atoms with Crippen LogP contribution in [0.25, 0.3) is 0 Å². The van der Waals surface area contributed by atoms with E-state index in [9.17, 15) is 9.59 Å². The van der Waals surface area contributed by atoms with Gasteiger partial charge in [0.25, 0.3) is 0 Å². The average Bonchev–Trinajstić information content (AvgIpc) is 2.09. The van der Waals surface area contributed by atoms with Crippen LogP contribution >= 0.6 is 0 Å². The van der Waals surface area contributed by atoms with Crippen LogP contribution in [-0.4, -0.2) is 35.0 Å². The molecule has 112 valence electrons. The Labute approximate surface area is 117 Å². The van der Waals surface area contributed by atoms with Crippen LogP contribution in [0, 0.1) is 5.41 Å². The third-order valence-electron chi connectivity index (χ3n) is 2.56. The summed E-state index contributed by atoms with van der Waals surface area (Å²) in [4.78, 5) is 24.8. The lowest BCUT2D eigenvalue weighted by molar-refractivity contribution is -0.110. The van der Waals surface area contributed by atoms with Crippen LogP contribution in [0.15, 0.2) is 0 Å². The SMILES string of the molecule is CC(C)(C)CN(C(=O)OC(C)(C)C)C(C)(C)CC=O. The molecule has 0 heterocycles. The minimum absolute atomic E-state index is 0.0585. The van der Waals surface area contributed by atoms with Gasteiger partial charge in [0.1, 0.15) is 11.9 Å². The van der Waals surface area contributed by atoms with Crippen molar-refractivity contribution < 1.29 is 14.3 Å². The Hall–Kier alpha value is -1.06. The minimum atomic E-state index is -0.544. The molecule has 0 aliphatic rings. The molecule has 0 fully saturated rings. The van der Waals surface area contributed by atoms with Crippen LogP contribution in [0.1, 0.15) is 61.8 Å². The van der Waals surface area contributed by atoms with Crippen LogP contribution in [0.2, 0.25) is 0 Å². The number of amides is 1. The first-order chi connectivity index (χ1) is 8.28. The summed E-state index contributed by atoms with van der Waals surface area (Å²) in [5.41, 5.74) is -1.14. The summed E-state index contributed by atoms with van der Waals surface area (Å²) in [7, 11) is 0. The van der Waals surface area contributed by atoms with Gasteiger partial charge in [-0.3, -0.25) is 0 Å². The predicted octanol–water partition coefficient (Wildman–Crippen LogP) is 3.64. The highest BCUT2D eigenvalue weighted by atomic mass is 16.6. The van der Waals surface area contributed by atoms with Gasteiger partial charge in [0.15, 0.2) is 0 Å². The highest BCUT2D eigenvalue weighted by Crippen LogP contribution is 2.26. The van der Waals surface area contributed by atoms with Gasteiger partial charge in [-0.15, -0.1) is 0 Å². The van der Waals surface area contributed by atoms with Crippen molar-refractivity contribution in [2.75, 3.05) is 6.54 Å². The molecule has 4 nitrogen and oxygen atoms in total. The smallest absolute Gasteiger partial charge is 0.410 e. The van der Waals surface area contributed by atoms with Gasteiger partial charge < -0.3 is 14.4 Å². The number of ether oxygens (including phenoxy) is 1. The maximum absolute atomic E-state index is 12.3. The van der Waals surface area contributed by atoms with Gasteiger partial charge in [0.2, 0.25) is 0 Å². The number of hydrogen-bond acceptors (Lipinski definition) is 3. The Morgan fingerprint density at radius 1 is 1.05 bits per heavy atom. The van der Waals surface area contributed by atoms with Crippen molar-refractivity contribution >= 4 is 12.4 Å². The fourth-order valence-electron chi connectivity index (χ4n) is 1.63. The van der Waals surface area contributed by atoms with E-state index in [2.05, 4.69) is 20.8 Å². The summed E-state index contributed by atoms with van der Waals surface area (Å²) in [5, 5.41) is 0. The van der Waals surface area contributed by atoms with Crippen molar-refractivity contribution in [3.63, 3.8) is 0 Å². The van der Waals surface area contributed by atoms with Crippen LogP contribution < -0.4 is 0 Å². The van der Waals surface area contributed by atoms with E-state index >= 15 is 0 Å². The minimum Gasteiger partial charge on any atom is -0.444 e. The molecule has 1 amide bonds. The number of carbonyl (C=O) groups excluding carboxylic acids is 2. The molecule has 0 aromatic heterocycles. The van der Waals surface area contributed by atoms with Gasteiger partial charge in [-0.05, 0) is 40.0 Å². The Bertz CT molecular complexity index is 321. The Kier molecular flexibility index (Phi) is 5.60. The van der Waals surface area contributed by atoms with Crippen LogP contribution in [-0.2, 0) is 9.53 Å². The van der Waals surface area contributed by atoms with E-state index in [1.54, 1.807) is 4.90 Å². The zero-order chi connectivity index (χ0) is 15.5. The molecule has 0 bridgehead atoms. The van der Waals surface area contributed by atoms with Crippen molar-refractivity contribution in [2.45, 2.75) is 73.0 Å². The standard InChI is InChI=1S/C15H29NO3/c1-13(2,3)11-16(15(7,8)9-10-17)12(18)19-14(4,5)6/h10H,9,11H2,1-8H3. The zero-order valence-corrected chi connectivity index (χ0v) is 13.7. The van der Waals surface area contributed by atoms with Gasteiger partial charge in [-0.1, -0.05) is 20.8 Å². The molecule has 0 spiro atoms. The first-order valence-electron chi connectivity index (χ1n) is 6.73. The van der Waals surface area contributed by atoms with Crippen LogP contribution in [0.5, 0.6) is 0 Å². The summed E-state index contributed by atoms with van der Waals surface area (Å²) in [6.07, 6.45) is 0.775. The Morgan fingerprint density at radius 3 is 1.84 bits per heavy atom. The van der Waals surface area contributed by atoms with E-state index in [0.29, 0.717) is 13.0 Å². The quantitative estimate of drug-likeness (QED) is 0.733. The molecule has 0 unspecified atom stereocenters. The number of rotatable bonds is 4. The molecule has 0 saturated carbocycles. The lowest BCUT2D eigenvalue weighted by Crippen LogP contribution is -2.52. The summed E-state index contributed by atoms with van der Waals surface area (Å²) in [6.45, 7) is 16.0. The zero-order valence-electron chi connectivity index (χ0n) is 13.7. The second-order valence-electron chi connectivity index (χ2n) is 7.81. The first-order valence-corrected chi connectivity index (χ1v) is 6.73. The fourth-order valence-corrected chi connectivity index (χ4v) is 1.63. The Morgan fingerprint density at radius 2 is 1.53 bits per heavy atom. The maximum atomic E-state index is 12.3. The van der Waals surface area contributed by atoms with E-state index < -0.39 is 11.1 Å². The summed E-state index contributed by atoms with van der Waals surface area (Å²) < 4.78 is 5.45. The van der Waals surface area contributed by atoms with Crippen molar-refractivity contribution in [2.24, 2.45) is 5.41 Å². The van der Waals surface area contributed by atoms with E-state index in [1.165, 1.54) is 0 Å². The average molecular weight is 271 g/mol. The molecule has 0 radical (unpaired) electrons. The topological polar surface area (TPSA) is 46.6 Å². The van der Waals surface area contributed by atoms with E-state index in [-0.39, 0.29) is 11.5 Å². The molecule has 0 saturated heterocycles. The van der Waals surface area contributed by atoms with Crippen LogP contribution in [0.3, 0.4) is 0 Å². The summed E-state index contributed by atoms with van der Waals surface area (Å²) >= 11 is 0. The Balaban J connectivity index is 5.17. The number of nitrogens with zero attached hydrogens (tertiary/aromatic N) is 1. The molecule has 0 rings (SSSR count). The lowest BCUT2D eigenvalue weighted by Gasteiger charge is -2.41. The molecule has 0 aromatic rings. The summed E-state index contributed by atoms with van der Waals surface area (Å²) in [5.74, 6) is 0. The normalized spacial score (nSPS) is 13.1. The molecule has 4 heteroatoms. The van der Waals surface area contributed by atoms with Gasteiger partial charge in [0, 0.05) is 18.5 Å². The number of aldehydes is 1. The van der Waals surface area contributed by atoms with Gasteiger partial charge in [-0.2, -0.15) is 0 Å². The molecule has 0 N–H and O–H groups in total. The maximum Gasteiger partial charge on any atom is 0.410 e. The van der Waals surface area contributed by atoms with E-state index in [1.807, 2.05) is 34.6 Å². The third-order valence-corrected chi connectivity index (χ3v) is 2.56. The van der Waals surface area contributed by atoms with Gasteiger partial charge >= 0.3 is 6.09 Å². The predicted molar refractivity (Wildman–Crippen MR) is 77.2 cm³/mol. The van der Waals surface area contributed by atoms with E-state index in [4.69, 9.17) is 4.74 Å². The lowest BCUT2D eigenvalue weighted by atomic mass is 9.91. The second kappa shape index (κ2) is 5.93. The molecule has 19 heavy (non-hydrogen) atoms. The largest absolute Gasteiger partial charge is 0.444 e. The van der Waals surface area contributed by atoms with E-state index in [0.717, 1.165) is 6.29 Å². The molecule has 0 aliphatic heterocycles. The molecule has 0 aliphatic carbocycles. The summed E-state index contributed by atoms with van der Waals surface area (Å²) in [6, 6.07) is 0. The van der Waals surface area contributed by atoms with Gasteiger partial charge in [0.05, 0.1) is 0 Å². The highest BCUT2D eigenvalue weighted by molar-refractivity contribution is 5.70. The van der Waals surface area contributed by atoms with Crippen molar-refractivity contribution in [1.29, 1.82) is 0 Å². The van der Waals surface area contributed by atoms with Crippen molar-refractivity contribution in [3.05, 3.63) is 0 Å². The molecule has 0 atom stereocenters. The highest BCUT2D eigenvalue weighted by Gasteiger charge is 2.36. The number of carbonyl (C=O) groups is 2.